The van der Waals surface area contributed by atoms with Crippen LogP contribution in [0.5, 0.6) is 0 Å². The van der Waals surface area contributed by atoms with Crippen molar-refractivity contribution in [2.45, 2.75) is 13.5 Å². The van der Waals surface area contributed by atoms with Crippen LogP contribution in [-0.2, 0) is 6.54 Å². The summed E-state index contributed by atoms with van der Waals surface area (Å²) >= 11 is 0. The minimum absolute atomic E-state index is 0. The lowest BCUT2D eigenvalue weighted by molar-refractivity contribution is 1.07. The van der Waals surface area contributed by atoms with Gasteiger partial charge in [-0.2, -0.15) is 0 Å². The van der Waals surface area contributed by atoms with E-state index in [9.17, 15) is 0 Å². The second-order valence-electron chi connectivity index (χ2n) is 2.40. The van der Waals surface area contributed by atoms with E-state index in [4.69, 9.17) is 5.73 Å². The van der Waals surface area contributed by atoms with Crippen LogP contribution in [0, 0.1) is 6.92 Å². The second kappa shape index (κ2) is 3.14. The molecule has 56 valence electrons. The quantitative estimate of drug-likeness (QED) is 0.606. The molecular weight excluding hydrogens is 141 g/mol. The summed E-state index contributed by atoms with van der Waals surface area (Å²) in [6.07, 6.45) is 0. The summed E-state index contributed by atoms with van der Waals surface area (Å²) in [5, 5.41) is 1.25. The third kappa shape index (κ3) is 1.56. The molecular formula is C8H14NP. The van der Waals surface area contributed by atoms with Crippen LogP contribution in [0.1, 0.15) is 12.6 Å². The zero-order valence-electron chi connectivity index (χ0n) is 6.09. The zero-order valence-corrected chi connectivity index (χ0v) is 7.25. The molecule has 2 heteroatoms. The van der Waals surface area contributed by atoms with Crippen LogP contribution in [0.2, 0.25) is 0 Å². The average Bonchev–Trinajstić information content (AvgIpc) is 1.95. The standard InChI is InChI=1S/C8H12NP.H2/c1-6-4-7(5-9)2-3-8(6)10;/h2-4H,5,9-10H2,1H3;1H. The predicted octanol–water partition coefficient (Wildman–Crippen LogP) is 1.20. The number of aryl methyl sites for hydroxylation is 1. The fraction of sp³-hybridized carbons (Fsp3) is 0.250. The Hall–Kier alpha value is -0.390. The van der Waals surface area contributed by atoms with Crippen LogP contribution >= 0.6 is 9.24 Å². The largest absolute Gasteiger partial charge is 0.326 e. The smallest absolute Gasteiger partial charge is 0.0178 e. The van der Waals surface area contributed by atoms with Gasteiger partial charge in [0.05, 0.1) is 0 Å². The molecule has 0 amide bonds. The SMILES string of the molecule is Cc1cc(CN)ccc1P.[HH]. The highest BCUT2D eigenvalue weighted by Gasteiger charge is 1.92. The van der Waals surface area contributed by atoms with Crippen molar-refractivity contribution in [2.75, 3.05) is 0 Å². The van der Waals surface area contributed by atoms with Gasteiger partial charge in [0, 0.05) is 7.97 Å². The molecule has 0 spiro atoms. The molecule has 1 atom stereocenters. The Kier molecular flexibility index (Phi) is 2.42. The molecule has 1 nitrogen and oxygen atoms in total. The third-order valence-corrected chi connectivity index (χ3v) is 2.22. The van der Waals surface area contributed by atoms with E-state index in [1.807, 2.05) is 0 Å². The maximum absolute atomic E-state index is 5.46. The summed E-state index contributed by atoms with van der Waals surface area (Å²) in [4.78, 5) is 0. The molecule has 0 aliphatic heterocycles. The van der Waals surface area contributed by atoms with Crippen LogP contribution in [0.3, 0.4) is 0 Å². The topological polar surface area (TPSA) is 26.0 Å². The van der Waals surface area contributed by atoms with Gasteiger partial charge in [-0.25, -0.2) is 0 Å². The van der Waals surface area contributed by atoms with Crippen LogP contribution in [0.25, 0.3) is 0 Å². The number of benzene rings is 1. The molecule has 1 unspecified atom stereocenters. The molecule has 1 aromatic rings. The summed E-state index contributed by atoms with van der Waals surface area (Å²) < 4.78 is 0. The molecule has 0 saturated carbocycles. The Morgan fingerprint density at radius 1 is 1.60 bits per heavy atom. The van der Waals surface area contributed by atoms with Gasteiger partial charge in [0.15, 0.2) is 0 Å². The Balaban J connectivity index is 0.000001000. The summed E-state index contributed by atoms with van der Waals surface area (Å²) in [5.41, 5.74) is 7.94. The molecule has 2 N–H and O–H groups in total. The first kappa shape index (κ1) is 7.71. The number of hydrogen-bond acceptors (Lipinski definition) is 1. The van der Waals surface area contributed by atoms with Crippen LogP contribution < -0.4 is 11.0 Å². The van der Waals surface area contributed by atoms with E-state index in [2.05, 4.69) is 34.4 Å². The molecule has 0 bridgehead atoms. The van der Waals surface area contributed by atoms with E-state index in [0.717, 1.165) is 0 Å². The molecule has 0 radical (unpaired) electrons. The van der Waals surface area contributed by atoms with Gasteiger partial charge in [-0.05, 0) is 23.4 Å². The molecule has 0 saturated heterocycles. The van der Waals surface area contributed by atoms with Crippen molar-refractivity contribution in [1.82, 2.24) is 0 Å². The lowest BCUT2D eigenvalue weighted by Gasteiger charge is -2.00. The maximum Gasteiger partial charge on any atom is 0.0178 e. The summed E-state index contributed by atoms with van der Waals surface area (Å²) in [5.74, 6) is 0. The van der Waals surface area contributed by atoms with Gasteiger partial charge < -0.3 is 5.73 Å². The number of hydrogen-bond donors (Lipinski definition) is 1. The van der Waals surface area contributed by atoms with Crippen LogP contribution in [0.15, 0.2) is 18.2 Å². The highest BCUT2D eigenvalue weighted by atomic mass is 31.0. The van der Waals surface area contributed by atoms with Crippen LogP contribution in [-0.4, -0.2) is 0 Å². The van der Waals surface area contributed by atoms with Gasteiger partial charge >= 0.3 is 0 Å². The maximum atomic E-state index is 5.46. The van der Waals surface area contributed by atoms with E-state index >= 15 is 0 Å². The summed E-state index contributed by atoms with van der Waals surface area (Å²) in [7, 11) is 2.69. The first-order chi connectivity index (χ1) is 4.74. The van der Waals surface area contributed by atoms with Crippen molar-refractivity contribution in [3.63, 3.8) is 0 Å². The summed E-state index contributed by atoms with van der Waals surface area (Å²) in [6, 6.07) is 6.24. The minimum Gasteiger partial charge on any atom is -0.326 e. The molecule has 0 aromatic heterocycles. The van der Waals surface area contributed by atoms with E-state index in [1.165, 1.54) is 16.4 Å². The molecule has 0 aliphatic carbocycles. The van der Waals surface area contributed by atoms with Gasteiger partial charge in [0.25, 0.3) is 0 Å². The Labute approximate surface area is 65.3 Å². The Bertz CT molecular complexity index is 238. The first-order valence-corrected chi connectivity index (χ1v) is 3.87. The average molecular weight is 155 g/mol. The van der Waals surface area contributed by atoms with E-state index in [-0.39, 0.29) is 1.43 Å². The second-order valence-corrected chi connectivity index (χ2v) is 3.02. The van der Waals surface area contributed by atoms with Crippen molar-refractivity contribution in [2.24, 2.45) is 5.73 Å². The monoisotopic (exact) mass is 155 g/mol. The minimum atomic E-state index is 0. The fourth-order valence-electron chi connectivity index (χ4n) is 0.865. The van der Waals surface area contributed by atoms with Gasteiger partial charge in [-0.1, -0.05) is 18.2 Å². The Morgan fingerprint density at radius 2 is 2.30 bits per heavy atom. The number of rotatable bonds is 1. The third-order valence-electron chi connectivity index (χ3n) is 1.57. The normalized spacial score (nSPS) is 9.90. The van der Waals surface area contributed by atoms with Crippen molar-refractivity contribution in [3.8, 4) is 0 Å². The van der Waals surface area contributed by atoms with Crippen molar-refractivity contribution in [3.05, 3.63) is 29.3 Å². The molecule has 0 heterocycles. The van der Waals surface area contributed by atoms with Crippen molar-refractivity contribution >= 4 is 14.5 Å². The van der Waals surface area contributed by atoms with Crippen molar-refractivity contribution in [1.29, 1.82) is 0 Å². The van der Waals surface area contributed by atoms with Gasteiger partial charge in [-0.3, -0.25) is 0 Å². The molecule has 1 aromatic carbocycles. The highest BCUT2D eigenvalue weighted by molar-refractivity contribution is 7.27. The van der Waals surface area contributed by atoms with Gasteiger partial charge in [-0.15, -0.1) is 9.24 Å². The van der Waals surface area contributed by atoms with Gasteiger partial charge in [0.2, 0.25) is 0 Å². The van der Waals surface area contributed by atoms with E-state index < -0.39 is 0 Å². The van der Waals surface area contributed by atoms with Crippen molar-refractivity contribution < 1.29 is 1.43 Å². The number of nitrogens with two attached hydrogens (primary N) is 1. The molecule has 10 heavy (non-hydrogen) atoms. The molecule has 0 fully saturated rings. The lowest BCUT2D eigenvalue weighted by Crippen LogP contribution is -2.01. The van der Waals surface area contributed by atoms with E-state index in [0.29, 0.717) is 6.54 Å². The molecule has 1 rings (SSSR count). The summed E-state index contributed by atoms with van der Waals surface area (Å²) in [6.45, 7) is 2.72. The predicted molar refractivity (Wildman–Crippen MR) is 50.5 cm³/mol. The van der Waals surface area contributed by atoms with Gasteiger partial charge in [0.1, 0.15) is 0 Å². The van der Waals surface area contributed by atoms with E-state index in [1.54, 1.807) is 0 Å². The zero-order chi connectivity index (χ0) is 7.56. The lowest BCUT2D eigenvalue weighted by atomic mass is 10.1. The fourth-order valence-corrected chi connectivity index (χ4v) is 1.04. The van der Waals surface area contributed by atoms with Crippen LogP contribution in [0.4, 0.5) is 0 Å². The molecule has 0 aliphatic rings. The first-order valence-electron chi connectivity index (χ1n) is 3.29. The Morgan fingerprint density at radius 3 is 2.80 bits per heavy atom. The highest BCUT2D eigenvalue weighted by Crippen LogP contribution is 2.03.